The van der Waals surface area contributed by atoms with Gasteiger partial charge in [-0.1, -0.05) is 13.8 Å². The van der Waals surface area contributed by atoms with E-state index in [0.717, 1.165) is 54.2 Å². The Hall–Kier alpha value is -2.87. The maximum atomic E-state index is 12.7. The van der Waals surface area contributed by atoms with Crippen LogP contribution in [0.5, 0.6) is 11.6 Å². The summed E-state index contributed by atoms with van der Waals surface area (Å²) in [5, 5.41) is 2.97. The molecule has 2 amide bonds. The summed E-state index contributed by atoms with van der Waals surface area (Å²) in [5.74, 6) is 2.54. The molecule has 2 aliphatic rings. The zero-order valence-electron chi connectivity index (χ0n) is 19.8. The molecule has 0 atom stereocenters. The van der Waals surface area contributed by atoms with E-state index in [4.69, 9.17) is 24.2 Å². The number of amides is 2. The van der Waals surface area contributed by atoms with E-state index in [1.807, 2.05) is 36.1 Å². The van der Waals surface area contributed by atoms with Crippen LogP contribution in [0.4, 0.5) is 10.5 Å². The van der Waals surface area contributed by atoms with Crippen LogP contribution in [0.25, 0.3) is 0 Å². The van der Waals surface area contributed by atoms with Gasteiger partial charge in [0.25, 0.3) is 0 Å². The van der Waals surface area contributed by atoms with Gasteiger partial charge < -0.3 is 24.4 Å². The minimum atomic E-state index is -0.0900. The predicted molar refractivity (Wildman–Crippen MR) is 126 cm³/mol. The lowest BCUT2D eigenvalue weighted by molar-refractivity contribution is 0.109. The van der Waals surface area contributed by atoms with Crippen molar-refractivity contribution in [1.82, 2.24) is 14.9 Å². The summed E-state index contributed by atoms with van der Waals surface area (Å²) in [7, 11) is 0. The van der Waals surface area contributed by atoms with Crippen molar-refractivity contribution in [1.29, 1.82) is 0 Å². The number of rotatable bonds is 6. The zero-order chi connectivity index (χ0) is 23.2. The van der Waals surface area contributed by atoms with E-state index in [9.17, 15) is 4.79 Å². The van der Waals surface area contributed by atoms with Gasteiger partial charge in [0.1, 0.15) is 17.7 Å². The van der Waals surface area contributed by atoms with E-state index < -0.39 is 0 Å². The Morgan fingerprint density at radius 1 is 1.15 bits per heavy atom. The summed E-state index contributed by atoms with van der Waals surface area (Å²) in [6.07, 6.45) is 3.12. The van der Waals surface area contributed by atoms with Gasteiger partial charge in [-0.15, -0.1) is 0 Å². The van der Waals surface area contributed by atoms with Gasteiger partial charge in [-0.25, -0.2) is 9.78 Å². The highest BCUT2D eigenvalue weighted by Crippen LogP contribution is 2.28. The van der Waals surface area contributed by atoms with Gasteiger partial charge in [0.2, 0.25) is 5.88 Å². The smallest absolute Gasteiger partial charge is 0.321 e. The third-order valence-electron chi connectivity index (χ3n) is 5.99. The number of fused-ring (bicyclic) bond motifs is 1. The van der Waals surface area contributed by atoms with Crippen molar-refractivity contribution in [3.63, 3.8) is 0 Å². The Bertz CT molecular complexity index is 940. The number of hydrogen-bond donors (Lipinski definition) is 1. The number of urea groups is 1. The number of ether oxygens (including phenoxy) is 3. The third kappa shape index (κ3) is 5.93. The molecule has 2 aromatic rings. The molecule has 0 saturated carbocycles. The maximum absolute atomic E-state index is 12.7. The van der Waals surface area contributed by atoms with Crippen molar-refractivity contribution in [3.05, 3.63) is 41.3 Å². The average Bonchev–Trinajstić information content (AvgIpc) is 3.07. The van der Waals surface area contributed by atoms with Crippen molar-refractivity contribution < 1.29 is 19.0 Å². The van der Waals surface area contributed by atoms with Crippen LogP contribution in [-0.2, 0) is 17.6 Å². The minimum Gasteiger partial charge on any atom is -0.494 e. The number of nitrogens with zero attached hydrogens (tertiary/aromatic N) is 3. The van der Waals surface area contributed by atoms with E-state index in [0.29, 0.717) is 38.8 Å². The Morgan fingerprint density at radius 3 is 2.58 bits per heavy atom. The number of likely N-dealkylation sites (tertiary alicyclic amines) is 1. The molecule has 33 heavy (non-hydrogen) atoms. The van der Waals surface area contributed by atoms with Crippen LogP contribution >= 0.6 is 0 Å². The number of carbonyl (C=O) groups excluding carboxylic acids is 1. The van der Waals surface area contributed by atoms with Crippen molar-refractivity contribution in [2.75, 3.05) is 38.2 Å². The topological polar surface area (TPSA) is 85.8 Å². The number of benzene rings is 1. The standard InChI is InChI=1S/C25H34N4O4/c1-4-32-19-7-5-18(6-8-19)26-25(30)29-13-9-20(10-14-29)33-24-21-11-15-31-16-12-22(21)27-23(28-24)17(2)3/h5-8,17,20H,4,9-16H2,1-3H3,(H,26,30). The average molecular weight is 455 g/mol. The van der Waals surface area contributed by atoms with Crippen LogP contribution in [0.15, 0.2) is 24.3 Å². The van der Waals surface area contributed by atoms with Crippen molar-refractivity contribution in [2.45, 2.75) is 58.5 Å². The zero-order valence-corrected chi connectivity index (χ0v) is 19.8. The summed E-state index contributed by atoms with van der Waals surface area (Å²) in [4.78, 5) is 24.1. The first kappa shape index (κ1) is 23.3. The molecule has 0 radical (unpaired) electrons. The SMILES string of the molecule is CCOc1ccc(NC(=O)N2CCC(Oc3nc(C(C)C)nc4c3CCOCC4)CC2)cc1. The molecule has 2 aliphatic heterocycles. The normalized spacial score (nSPS) is 16.8. The number of nitrogens with one attached hydrogen (secondary N) is 1. The molecule has 178 valence electrons. The van der Waals surface area contributed by atoms with Crippen molar-refractivity contribution in [3.8, 4) is 11.6 Å². The first-order chi connectivity index (χ1) is 16.0. The van der Waals surface area contributed by atoms with Gasteiger partial charge in [-0.05, 0) is 31.2 Å². The van der Waals surface area contributed by atoms with Crippen molar-refractivity contribution in [2.24, 2.45) is 0 Å². The van der Waals surface area contributed by atoms with Crippen LogP contribution in [0.3, 0.4) is 0 Å². The number of carbonyl (C=O) groups is 1. The molecule has 1 saturated heterocycles. The number of piperidine rings is 1. The van der Waals surface area contributed by atoms with Gasteiger partial charge in [0.15, 0.2) is 0 Å². The highest BCUT2D eigenvalue weighted by molar-refractivity contribution is 5.89. The molecule has 8 heteroatoms. The van der Waals surface area contributed by atoms with E-state index in [-0.39, 0.29) is 18.1 Å². The fourth-order valence-electron chi connectivity index (χ4n) is 4.12. The summed E-state index contributed by atoms with van der Waals surface area (Å²) in [6, 6.07) is 7.35. The molecular weight excluding hydrogens is 420 g/mol. The van der Waals surface area contributed by atoms with E-state index in [1.165, 1.54) is 0 Å². The Morgan fingerprint density at radius 2 is 1.88 bits per heavy atom. The largest absolute Gasteiger partial charge is 0.494 e. The summed E-state index contributed by atoms with van der Waals surface area (Å²) >= 11 is 0. The number of aromatic nitrogens is 2. The second-order valence-electron chi connectivity index (χ2n) is 8.77. The molecular formula is C25H34N4O4. The van der Waals surface area contributed by atoms with Crippen molar-refractivity contribution >= 4 is 11.7 Å². The Balaban J connectivity index is 1.35. The third-order valence-corrected chi connectivity index (χ3v) is 5.99. The molecule has 3 heterocycles. The quantitative estimate of drug-likeness (QED) is 0.704. The van der Waals surface area contributed by atoms with E-state index in [1.54, 1.807) is 0 Å². The Labute approximate surface area is 195 Å². The summed E-state index contributed by atoms with van der Waals surface area (Å²) in [6.45, 7) is 9.39. The lowest BCUT2D eigenvalue weighted by Crippen LogP contribution is -2.43. The lowest BCUT2D eigenvalue weighted by Gasteiger charge is -2.32. The van der Waals surface area contributed by atoms with Crippen LogP contribution in [0, 0.1) is 0 Å². The van der Waals surface area contributed by atoms with E-state index in [2.05, 4.69) is 19.2 Å². The van der Waals surface area contributed by atoms with Gasteiger partial charge in [-0.3, -0.25) is 0 Å². The molecule has 4 rings (SSSR count). The van der Waals surface area contributed by atoms with Crippen LogP contribution < -0.4 is 14.8 Å². The molecule has 8 nitrogen and oxygen atoms in total. The first-order valence-corrected chi connectivity index (χ1v) is 12.0. The fraction of sp³-hybridized carbons (Fsp3) is 0.560. The molecule has 1 aromatic heterocycles. The Kier molecular flexibility index (Phi) is 7.65. The summed E-state index contributed by atoms with van der Waals surface area (Å²) in [5.41, 5.74) is 2.88. The van der Waals surface area contributed by atoms with Crippen LogP contribution in [-0.4, -0.2) is 59.9 Å². The highest BCUT2D eigenvalue weighted by Gasteiger charge is 2.27. The van der Waals surface area contributed by atoms with Gasteiger partial charge in [-0.2, -0.15) is 4.98 Å². The van der Waals surface area contributed by atoms with Gasteiger partial charge >= 0.3 is 6.03 Å². The number of hydrogen-bond acceptors (Lipinski definition) is 6. The predicted octanol–water partition coefficient (Wildman–Crippen LogP) is 4.19. The second-order valence-corrected chi connectivity index (χ2v) is 8.77. The first-order valence-electron chi connectivity index (χ1n) is 12.0. The lowest BCUT2D eigenvalue weighted by atomic mass is 10.1. The number of anilines is 1. The maximum Gasteiger partial charge on any atom is 0.321 e. The summed E-state index contributed by atoms with van der Waals surface area (Å²) < 4.78 is 17.5. The molecule has 0 aliphatic carbocycles. The van der Waals surface area contributed by atoms with Gasteiger partial charge in [0.05, 0.1) is 25.5 Å². The van der Waals surface area contributed by atoms with E-state index >= 15 is 0 Å². The molecule has 1 aromatic carbocycles. The monoisotopic (exact) mass is 454 g/mol. The fourth-order valence-corrected chi connectivity index (χ4v) is 4.12. The molecule has 1 N–H and O–H groups in total. The molecule has 0 spiro atoms. The molecule has 1 fully saturated rings. The molecule has 0 unspecified atom stereocenters. The second kappa shape index (κ2) is 10.8. The van der Waals surface area contributed by atoms with Crippen LogP contribution in [0.2, 0.25) is 0 Å². The highest BCUT2D eigenvalue weighted by atomic mass is 16.5. The van der Waals surface area contributed by atoms with Gasteiger partial charge in [0, 0.05) is 55.9 Å². The van der Waals surface area contributed by atoms with Crippen LogP contribution in [0.1, 0.15) is 56.6 Å². The minimum absolute atomic E-state index is 0.0303. The molecule has 0 bridgehead atoms.